The molecule has 28 heavy (non-hydrogen) atoms. The van der Waals surface area contributed by atoms with Crippen molar-refractivity contribution < 1.29 is 19.0 Å². The molecule has 0 radical (unpaired) electrons. The molecule has 0 amide bonds. The number of methoxy groups -OCH3 is 1. The zero-order valence-electron chi connectivity index (χ0n) is 16.3. The van der Waals surface area contributed by atoms with Crippen LogP contribution < -0.4 is 0 Å². The third-order valence-electron chi connectivity index (χ3n) is 4.82. The van der Waals surface area contributed by atoms with Crippen molar-refractivity contribution in [2.45, 2.75) is 39.0 Å². The van der Waals surface area contributed by atoms with Crippen molar-refractivity contribution in [3.63, 3.8) is 0 Å². The van der Waals surface area contributed by atoms with Crippen LogP contribution in [0.3, 0.4) is 0 Å². The number of fused-ring (bicyclic) bond motifs is 1. The lowest BCUT2D eigenvalue weighted by Gasteiger charge is -2.20. The second kappa shape index (κ2) is 8.38. The van der Waals surface area contributed by atoms with E-state index in [1.807, 2.05) is 6.07 Å². The third-order valence-corrected chi connectivity index (χ3v) is 4.82. The number of aryl methyl sites for hydroxylation is 1. The summed E-state index contributed by atoms with van der Waals surface area (Å²) in [5, 5.41) is 10.8. The molecular weight excluding hydrogens is 357 g/mol. The predicted molar refractivity (Wildman–Crippen MR) is 108 cm³/mol. The molecule has 0 aliphatic rings. The fourth-order valence-corrected chi connectivity index (χ4v) is 3.56. The number of phenolic OH excluding ortho intramolecular Hbond substituents is 1. The standard InChI is InChI=1S/C23H24FNO3/c1-14(2)22-19(5-4-6-21(27)28-3)25-20-13-17(26)11-12-18(20)23(22)15-7-9-16(24)10-8-15/h7-14,26H,4-6H2,1-3H3. The number of hydrogen-bond acceptors (Lipinski definition) is 4. The monoisotopic (exact) mass is 381 g/mol. The van der Waals surface area contributed by atoms with Gasteiger partial charge in [-0.15, -0.1) is 0 Å². The molecule has 146 valence electrons. The van der Waals surface area contributed by atoms with Crippen molar-refractivity contribution in [3.8, 4) is 16.9 Å². The van der Waals surface area contributed by atoms with E-state index in [9.17, 15) is 14.3 Å². The second-order valence-electron chi connectivity index (χ2n) is 7.14. The van der Waals surface area contributed by atoms with Crippen LogP contribution in [0.1, 0.15) is 43.9 Å². The first-order chi connectivity index (χ1) is 13.4. The Morgan fingerprint density at radius 2 is 1.89 bits per heavy atom. The average Bonchev–Trinajstić information content (AvgIpc) is 2.67. The number of benzene rings is 2. The van der Waals surface area contributed by atoms with Gasteiger partial charge in [-0.25, -0.2) is 4.39 Å². The zero-order chi connectivity index (χ0) is 20.3. The quantitative estimate of drug-likeness (QED) is 0.584. The number of pyridine rings is 1. The number of esters is 1. The highest BCUT2D eigenvalue weighted by Gasteiger charge is 2.19. The van der Waals surface area contributed by atoms with E-state index in [1.54, 1.807) is 24.3 Å². The summed E-state index contributed by atoms with van der Waals surface area (Å²) in [6.07, 6.45) is 1.55. The fraction of sp³-hybridized carbons (Fsp3) is 0.304. The van der Waals surface area contributed by atoms with Crippen molar-refractivity contribution in [3.05, 3.63) is 59.5 Å². The van der Waals surface area contributed by atoms with Gasteiger partial charge in [-0.2, -0.15) is 0 Å². The number of aromatic hydroxyl groups is 1. The van der Waals surface area contributed by atoms with Gasteiger partial charge in [-0.3, -0.25) is 9.78 Å². The summed E-state index contributed by atoms with van der Waals surface area (Å²) < 4.78 is 18.2. The van der Waals surface area contributed by atoms with Crippen LogP contribution in [0.5, 0.6) is 5.75 Å². The first-order valence-electron chi connectivity index (χ1n) is 9.39. The molecular formula is C23H24FNO3. The molecule has 2 aromatic carbocycles. The van der Waals surface area contributed by atoms with E-state index in [-0.39, 0.29) is 23.5 Å². The molecule has 3 aromatic rings. The van der Waals surface area contributed by atoms with Crippen molar-refractivity contribution in [2.24, 2.45) is 0 Å². The summed E-state index contributed by atoms with van der Waals surface area (Å²) in [6.45, 7) is 4.19. The summed E-state index contributed by atoms with van der Waals surface area (Å²) >= 11 is 0. The van der Waals surface area contributed by atoms with E-state index < -0.39 is 0 Å². The maximum atomic E-state index is 13.5. The Morgan fingerprint density at radius 3 is 2.54 bits per heavy atom. The molecule has 0 saturated carbocycles. The van der Waals surface area contributed by atoms with Crippen molar-refractivity contribution in [1.82, 2.24) is 4.98 Å². The maximum absolute atomic E-state index is 13.5. The van der Waals surface area contributed by atoms with Gasteiger partial charge in [0.25, 0.3) is 0 Å². The van der Waals surface area contributed by atoms with Crippen LogP contribution >= 0.6 is 0 Å². The molecule has 3 rings (SSSR count). The summed E-state index contributed by atoms with van der Waals surface area (Å²) in [7, 11) is 1.38. The molecule has 5 heteroatoms. The lowest BCUT2D eigenvalue weighted by molar-refractivity contribution is -0.140. The van der Waals surface area contributed by atoms with Crippen LogP contribution in [-0.4, -0.2) is 23.2 Å². The van der Waals surface area contributed by atoms with Crippen LogP contribution in [-0.2, 0) is 16.0 Å². The molecule has 0 spiro atoms. The Bertz CT molecular complexity index is 997. The van der Waals surface area contributed by atoms with E-state index in [4.69, 9.17) is 9.72 Å². The number of carbonyl (C=O) groups is 1. The number of nitrogens with zero attached hydrogens (tertiary/aromatic N) is 1. The van der Waals surface area contributed by atoms with E-state index in [2.05, 4.69) is 13.8 Å². The Labute approximate surface area is 164 Å². The first kappa shape index (κ1) is 19.8. The molecule has 1 aromatic heterocycles. The Hall–Kier alpha value is -2.95. The van der Waals surface area contributed by atoms with E-state index in [0.29, 0.717) is 24.8 Å². The van der Waals surface area contributed by atoms with Gasteiger partial charge in [0.05, 0.1) is 12.6 Å². The molecule has 0 atom stereocenters. The van der Waals surface area contributed by atoms with Crippen LogP contribution in [0, 0.1) is 5.82 Å². The third kappa shape index (κ3) is 4.14. The topological polar surface area (TPSA) is 59.4 Å². The SMILES string of the molecule is COC(=O)CCCc1nc2cc(O)ccc2c(-c2ccc(F)cc2)c1C(C)C. The van der Waals surface area contributed by atoms with Gasteiger partial charge in [0.2, 0.25) is 0 Å². The van der Waals surface area contributed by atoms with E-state index in [0.717, 1.165) is 27.8 Å². The van der Waals surface area contributed by atoms with Gasteiger partial charge < -0.3 is 9.84 Å². The van der Waals surface area contributed by atoms with Crippen LogP contribution in [0.25, 0.3) is 22.0 Å². The van der Waals surface area contributed by atoms with Gasteiger partial charge in [0.15, 0.2) is 0 Å². The van der Waals surface area contributed by atoms with Crippen LogP contribution in [0.2, 0.25) is 0 Å². The van der Waals surface area contributed by atoms with Gasteiger partial charge in [0, 0.05) is 23.6 Å². The molecule has 0 bridgehead atoms. The van der Waals surface area contributed by atoms with E-state index in [1.165, 1.54) is 19.2 Å². The van der Waals surface area contributed by atoms with Crippen molar-refractivity contribution >= 4 is 16.9 Å². The highest BCUT2D eigenvalue weighted by molar-refractivity contribution is 5.97. The number of aromatic nitrogens is 1. The molecule has 0 saturated heterocycles. The zero-order valence-corrected chi connectivity index (χ0v) is 16.3. The lowest BCUT2D eigenvalue weighted by Crippen LogP contribution is -2.07. The minimum atomic E-state index is -0.288. The molecule has 0 fully saturated rings. The van der Waals surface area contributed by atoms with Gasteiger partial charge >= 0.3 is 5.97 Å². The molecule has 4 nitrogen and oxygen atoms in total. The fourth-order valence-electron chi connectivity index (χ4n) is 3.56. The smallest absolute Gasteiger partial charge is 0.305 e. The molecule has 1 N–H and O–H groups in total. The molecule has 0 aliphatic carbocycles. The lowest BCUT2D eigenvalue weighted by atomic mass is 9.87. The first-order valence-corrected chi connectivity index (χ1v) is 9.39. The molecule has 0 aliphatic heterocycles. The average molecular weight is 381 g/mol. The Kier molecular flexibility index (Phi) is 5.93. The number of ether oxygens (including phenoxy) is 1. The number of rotatable bonds is 6. The Balaban J connectivity index is 2.20. The minimum Gasteiger partial charge on any atom is -0.508 e. The number of carbonyl (C=O) groups excluding carboxylic acids is 1. The largest absolute Gasteiger partial charge is 0.508 e. The van der Waals surface area contributed by atoms with Gasteiger partial charge in [-0.05, 0) is 59.7 Å². The highest BCUT2D eigenvalue weighted by Crippen LogP contribution is 2.38. The van der Waals surface area contributed by atoms with Crippen molar-refractivity contribution in [2.75, 3.05) is 7.11 Å². The van der Waals surface area contributed by atoms with Crippen LogP contribution in [0.15, 0.2) is 42.5 Å². The Morgan fingerprint density at radius 1 is 1.18 bits per heavy atom. The molecule has 1 heterocycles. The number of hydrogen-bond donors (Lipinski definition) is 1. The van der Waals surface area contributed by atoms with Gasteiger partial charge in [-0.1, -0.05) is 26.0 Å². The summed E-state index contributed by atoms with van der Waals surface area (Å²) in [5.41, 5.74) is 4.54. The van der Waals surface area contributed by atoms with E-state index >= 15 is 0 Å². The maximum Gasteiger partial charge on any atom is 0.305 e. The van der Waals surface area contributed by atoms with Gasteiger partial charge in [0.1, 0.15) is 11.6 Å². The molecule has 0 unspecified atom stereocenters. The number of phenols is 1. The predicted octanol–water partition coefficient (Wildman–Crippen LogP) is 5.37. The summed E-state index contributed by atoms with van der Waals surface area (Å²) in [6, 6.07) is 11.5. The van der Waals surface area contributed by atoms with Crippen molar-refractivity contribution in [1.29, 1.82) is 0 Å². The van der Waals surface area contributed by atoms with Crippen LogP contribution in [0.4, 0.5) is 4.39 Å². The highest BCUT2D eigenvalue weighted by atomic mass is 19.1. The normalized spacial score (nSPS) is 11.2. The summed E-state index contributed by atoms with van der Waals surface area (Å²) in [5.74, 6) is -0.214. The number of halogens is 1. The minimum absolute atomic E-state index is 0.142. The summed E-state index contributed by atoms with van der Waals surface area (Å²) in [4.78, 5) is 16.3. The second-order valence-corrected chi connectivity index (χ2v) is 7.14.